The van der Waals surface area contributed by atoms with Gasteiger partial charge in [0.2, 0.25) is 0 Å². The van der Waals surface area contributed by atoms with E-state index in [0.29, 0.717) is 5.69 Å². The van der Waals surface area contributed by atoms with E-state index in [-0.39, 0.29) is 17.5 Å². The number of anilines is 1. The Kier molecular flexibility index (Phi) is 5.12. The van der Waals surface area contributed by atoms with E-state index >= 15 is 0 Å². The minimum absolute atomic E-state index is 0.0965. The lowest BCUT2D eigenvalue weighted by Gasteiger charge is -2.26. The Labute approximate surface area is 148 Å². The number of hydrogen-bond donors (Lipinski definition) is 1. The summed E-state index contributed by atoms with van der Waals surface area (Å²) in [6, 6.07) is 10.9. The third-order valence-corrected chi connectivity index (χ3v) is 4.32. The average Bonchev–Trinajstić information content (AvgIpc) is 2.61. The van der Waals surface area contributed by atoms with Gasteiger partial charge in [-0.25, -0.2) is 4.98 Å². The lowest BCUT2D eigenvalue weighted by molar-refractivity contribution is 0.0718. The first-order valence-corrected chi connectivity index (χ1v) is 8.69. The second-order valence-corrected chi connectivity index (χ2v) is 6.59. The molecule has 2 amide bonds. The van der Waals surface area contributed by atoms with Crippen LogP contribution in [0.25, 0.3) is 0 Å². The maximum absolute atomic E-state index is 12.6. The van der Waals surface area contributed by atoms with Crippen LogP contribution in [-0.4, -0.2) is 34.8 Å². The van der Waals surface area contributed by atoms with E-state index in [1.165, 1.54) is 0 Å². The summed E-state index contributed by atoms with van der Waals surface area (Å²) < 4.78 is 0. The third-order valence-electron chi connectivity index (χ3n) is 4.32. The first-order valence-electron chi connectivity index (χ1n) is 8.69. The van der Waals surface area contributed by atoms with Crippen molar-refractivity contribution < 1.29 is 9.59 Å². The summed E-state index contributed by atoms with van der Waals surface area (Å²) in [5.41, 5.74) is 3.48. The molecule has 1 aromatic carbocycles. The third kappa shape index (κ3) is 4.24. The van der Waals surface area contributed by atoms with Crippen LogP contribution in [0.1, 0.15) is 51.4 Å². The van der Waals surface area contributed by atoms with Crippen molar-refractivity contribution >= 4 is 17.5 Å². The number of amides is 2. The van der Waals surface area contributed by atoms with Gasteiger partial charge in [0.05, 0.1) is 0 Å². The largest absolute Gasteiger partial charge is 0.337 e. The number of piperidine rings is 1. The maximum atomic E-state index is 12.6. The molecule has 130 valence electrons. The van der Waals surface area contributed by atoms with Gasteiger partial charge in [0.15, 0.2) is 0 Å². The zero-order valence-corrected chi connectivity index (χ0v) is 14.7. The molecule has 5 heteroatoms. The first kappa shape index (κ1) is 17.1. The molecular formula is C20H23N3O2. The van der Waals surface area contributed by atoms with Crippen molar-refractivity contribution in [3.8, 4) is 0 Å². The van der Waals surface area contributed by atoms with Crippen LogP contribution in [0.15, 0.2) is 36.4 Å². The molecule has 1 N–H and O–H groups in total. The van der Waals surface area contributed by atoms with E-state index in [2.05, 4.69) is 10.3 Å². The molecule has 2 heterocycles. The van der Waals surface area contributed by atoms with E-state index in [1.54, 1.807) is 18.2 Å². The van der Waals surface area contributed by atoms with Crippen molar-refractivity contribution in [2.45, 2.75) is 33.1 Å². The standard InChI is InChI=1S/C20H23N3O2/c1-14-11-15(2)13-16(12-14)21-19(24)17-7-6-8-18(22-17)20(25)23-9-4-3-5-10-23/h6-8,11-13H,3-5,9-10H2,1-2H3,(H,21,24). The molecule has 0 unspecified atom stereocenters. The van der Waals surface area contributed by atoms with Crippen molar-refractivity contribution in [3.05, 3.63) is 58.9 Å². The van der Waals surface area contributed by atoms with E-state index in [1.807, 2.05) is 36.9 Å². The number of benzene rings is 1. The Morgan fingerprint density at radius 1 is 0.960 bits per heavy atom. The molecular weight excluding hydrogens is 314 g/mol. The molecule has 1 aliphatic rings. The molecule has 1 aliphatic heterocycles. The minimum atomic E-state index is -0.307. The number of nitrogens with zero attached hydrogens (tertiary/aromatic N) is 2. The van der Waals surface area contributed by atoms with E-state index < -0.39 is 0 Å². The summed E-state index contributed by atoms with van der Waals surface area (Å²) in [4.78, 5) is 31.1. The predicted molar refractivity (Wildman–Crippen MR) is 97.9 cm³/mol. The van der Waals surface area contributed by atoms with Gasteiger partial charge in [0.1, 0.15) is 11.4 Å². The van der Waals surface area contributed by atoms with Crippen molar-refractivity contribution in [1.29, 1.82) is 0 Å². The Balaban J connectivity index is 1.76. The summed E-state index contributed by atoms with van der Waals surface area (Å²) >= 11 is 0. The summed E-state index contributed by atoms with van der Waals surface area (Å²) in [7, 11) is 0. The zero-order chi connectivity index (χ0) is 17.8. The lowest BCUT2D eigenvalue weighted by atomic mass is 10.1. The summed E-state index contributed by atoms with van der Waals surface area (Å²) in [5, 5.41) is 2.86. The highest BCUT2D eigenvalue weighted by Gasteiger charge is 2.20. The molecule has 0 bridgehead atoms. The Bertz CT molecular complexity index is 775. The van der Waals surface area contributed by atoms with Gasteiger partial charge in [-0.2, -0.15) is 0 Å². The van der Waals surface area contributed by atoms with Crippen molar-refractivity contribution in [3.63, 3.8) is 0 Å². The SMILES string of the molecule is Cc1cc(C)cc(NC(=O)c2cccc(C(=O)N3CCCCC3)n2)c1. The minimum Gasteiger partial charge on any atom is -0.337 e. The fraction of sp³-hybridized carbons (Fsp3) is 0.350. The van der Waals surface area contributed by atoms with E-state index in [4.69, 9.17) is 0 Å². The number of likely N-dealkylation sites (tertiary alicyclic amines) is 1. The number of hydrogen-bond acceptors (Lipinski definition) is 3. The molecule has 0 atom stereocenters. The Morgan fingerprint density at radius 3 is 2.28 bits per heavy atom. The van der Waals surface area contributed by atoms with Crippen LogP contribution >= 0.6 is 0 Å². The van der Waals surface area contributed by atoms with Crippen LogP contribution in [0.2, 0.25) is 0 Å². The zero-order valence-electron chi connectivity index (χ0n) is 14.7. The molecule has 3 rings (SSSR count). The highest BCUT2D eigenvalue weighted by atomic mass is 16.2. The quantitative estimate of drug-likeness (QED) is 0.931. The molecule has 0 aliphatic carbocycles. The van der Waals surface area contributed by atoms with Gasteiger partial charge in [-0.05, 0) is 68.5 Å². The van der Waals surface area contributed by atoms with Gasteiger partial charge in [0, 0.05) is 18.8 Å². The number of pyridine rings is 1. The van der Waals surface area contributed by atoms with Crippen LogP contribution in [0.4, 0.5) is 5.69 Å². The highest BCUT2D eigenvalue weighted by molar-refractivity contribution is 6.04. The van der Waals surface area contributed by atoms with Crippen molar-refractivity contribution in [1.82, 2.24) is 9.88 Å². The van der Waals surface area contributed by atoms with E-state index in [9.17, 15) is 9.59 Å². The number of carbonyl (C=O) groups excluding carboxylic acids is 2. The van der Waals surface area contributed by atoms with Crippen molar-refractivity contribution in [2.75, 3.05) is 18.4 Å². The monoisotopic (exact) mass is 337 g/mol. The smallest absolute Gasteiger partial charge is 0.274 e. The molecule has 0 saturated carbocycles. The predicted octanol–water partition coefficient (Wildman–Crippen LogP) is 3.58. The lowest BCUT2D eigenvalue weighted by Crippen LogP contribution is -2.36. The van der Waals surface area contributed by atoms with Crippen LogP contribution in [0.3, 0.4) is 0 Å². The molecule has 0 radical (unpaired) electrons. The number of rotatable bonds is 3. The molecule has 1 saturated heterocycles. The van der Waals surface area contributed by atoms with Crippen molar-refractivity contribution in [2.24, 2.45) is 0 Å². The van der Waals surface area contributed by atoms with Gasteiger partial charge in [-0.3, -0.25) is 9.59 Å². The molecule has 1 fully saturated rings. The molecule has 5 nitrogen and oxygen atoms in total. The van der Waals surface area contributed by atoms with Crippen LogP contribution in [0, 0.1) is 13.8 Å². The number of nitrogens with one attached hydrogen (secondary N) is 1. The van der Waals surface area contributed by atoms with Crippen LogP contribution in [0.5, 0.6) is 0 Å². The van der Waals surface area contributed by atoms with Crippen LogP contribution < -0.4 is 5.32 Å². The van der Waals surface area contributed by atoms with E-state index in [0.717, 1.165) is 49.2 Å². The van der Waals surface area contributed by atoms with Gasteiger partial charge in [0.25, 0.3) is 11.8 Å². The summed E-state index contributed by atoms with van der Waals surface area (Å²) in [5.74, 6) is -0.404. The molecule has 1 aromatic heterocycles. The highest BCUT2D eigenvalue weighted by Crippen LogP contribution is 2.16. The number of aryl methyl sites for hydroxylation is 2. The fourth-order valence-electron chi connectivity index (χ4n) is 3.18. The first-order chi connectivity index (χ1) is 12.0. The second kappa shape index (κ2) is 7.47. The van der Waals surface area contributed by atoms with Gasteiger partial charge >= 0.3 is 0 Å². The Morgan fingerprint density at radius 2 is 1.60 bits per heavy atom. The molecule has 2 aromatic rings. The molecule has 25 heavy (non-hydrogen) atoms. The number of aromatic nitrogens is 1. The Hall–Kier alpha value is -2.69. The topological polar surface area (TPSA) is 62.3 Å². The molecule has 0 spiro atoms. The maximum Gasteiger partial charge on any atom is 0.274 e. The van der Waals surface area contributed by atoms with Gasteiger partial charge in [-0.15, -0.1) is 0 Å². The fourth-order valence-corrected chi connectivity index (χ4v) is 3.18. The summed E-state index contributed by atoms with van der Waals surface area (Å²) in [6.45, 7) is 5.50. The number of carbonyl (C=O) groups is 2. The van der Waals surface area contributed by atoms with Crippen LogP contribution in [-0.2, 0) is 0 Å². The second-order valence-electron chi connectivity index (χ2n) is 6.59. The average molecular weight is 337 g/mol. The summed E-state index contributed by atoms with van der Waals surface area (Å²) in [6.07, 6.45) is 3.22. The van der Waals surface area contributed by atoms with Gasteiger partial charge in [-0.1, -0.05) is 12.1 Å². The normalized spacial score (nSPS) is 14.2. The van der Waals surface area contributed by atoms with Gasteiger partial charge < -0.3 is 10.2 Å².